The summed E-state index contributed by atoms with van der Waals surface area (Å²) in [5.74, 6) is -0.162. The number of benzene rings is 1. The van der Waals surface area contributed by atoms with Crippen LogP contribution in [0.5, 0.6) is 5.75 Å². The van der Waals surface area contributed by atoms with Crippen molar-refractivity contribution in [2.24, 2.45) is 0 Å². The molecule has 0 heterocycles. The molecule has 31 heavy (non-hydrogen) atoms. The van der Waals surface area contributed by atoms with Crippen LogP contribution in [0.15, 0.2) is 24.3 Å². The molecule has 0 aliphatic rings. The van der Waals surface area contributed by atoms with Gasteiger partial charge in [-0.2, -0.15) is 0 Å². The quantitative estimate of drug-likeness (QED) is 0.256. The van der Waals surface area contributed by atoms with Crippen LogP contribution in [0, 0.1) is 0 Å². The van der Waals surface area contributed by atoms with Gasteiger partial charge in [0.05, 0.1) is 5.75 Å². The van der Waals surface area contributed by atoms with Crippen molar-refractivity contribution in [2.75, 3.05) is 10.5 Å². The van der Waals surface area contributed by atoms with Gasteiger partial charge in [0.2, 0.25) is 10.0 Å². The highest BCUT2D eigenvalue weighted by Crippen LogP contribution is 2.20. The summed E-state index contributed by atoms with van der Waals surface area (Å²) in [6.45, 7) is 4.17. The Kier molecular flexibility index (Phi) is 14.0. The summed E-state index contributed by atoms with van der Waals surface area (Å²) in [7, 11) is -3.35. The molecule has 6 nitrogen and oxygen atoms in total. The Morgan fingerprint density at radius 3 is 1.90 bits per heavy atom. The van der Waals surface area contributed by atoms with Crippen molar-refractivity contribution in [1.29, 1.82) is 0 Å². The molecular weight excluding hydrogens is 412 g/mol. The van der Waals surface area contributed by atoms with Gasteiger partial charge in [0, 0.05) is 5.69 Å². The maximum absolute atomic E-state index is 12.0. The van der Waals surface area contributed by atoms with E-state index in [9.17, 15) is 13.2 Å². The van der Waals surface area contributed by atoms with E-state index in [-0.39, 0.29) is 5.75 Å². The number of carbonyl (C=O) groups is 1. The number of rotatable bonds is 19. The van der Waals surface area contributed by atoms with E-state index in [0.717, 1.165) is 25.7 Å². The van der Waals surface area contributed by atoms with E-state index in [1.54, 1.807) is 24.3 Å². The predicted molar refractivity (Wildman–Crippen MR) is 128 cm³/mol. The lowest BCUT2D eigenvalue weighted by Crippen LogP contribution is -2.28. The fourth-order valence-electron chi connectivity index (χ4n) is 3.39. The van der Waals surface area contributed by atoms with Crippen molar-refractivity contribution in [2.45, 2.75) is 103 Å². The number of hydrogen-bond acceptors (Lipinski definition) is 4. The Morgan fingerprint density at radius 1 is 0.871 bits per heavy atom. The number of unbranched alkanes of at least 4 members (excludes halogenated alkanes) is 10. The van der Waals surface area contributed by atoms with Crippen LogP contribution in [0.4, 0.5) is 5.69 Å². The highest BCUT2D eigenvalue weighted by atomic mass is 32.2. The number of nitrogens with one attached hydrogen (secondary N) is 2. The van der Waals surface area contributed by atoms with Crippen molar-refractivity contribution in [3.8, 4) is 5.75 Å². The van der Waals surface area contributed by atoms with Gasteiger partial charge in [0.1, 0.15) is 5.75 Å². The van der Waals surface area contributed by atoms with E-state index in [2.05, 4.69) is 11.6 Å². The zero-order valence-corrected chi connectivity index (χ0v) is 20.1. The average Bonchev–Trinajstić information content (AvgIpc) is 2.73. The Labute approximate surface area is 189 Å². The van der Waals surface area contributed by atoms with Crippen molar-refractivity contribution in [1.82, 2.24) is 5.73 Å². The standard InChI is InChI=1S/C24H41N2O4S/c1-3-5-7-8-9-10-11-12-13-14-15-23(24(25)27)30-22-18-16-21(17-19-22)26-31(28,29)20-6-4-2/h16-19,23,25-26H,3-15,20H2,1-2H3. The molecule has 7 heteroatoms. The van der Waals surface area contributed by atoms with Crippen molar-refractivity contribution in [3.05, 3.63) is 24.3 Å². The smallest absolute Gasteiger partial charge is 0.279 e. The van der Waals surface area contributed by atoms with E-state index in [4.69, 9.17) is 10.5 Å². The average molecular weight is 454 g/mol. The molecule has 0 aliphatic carbocycles. The zero-order chi connectivity index (χ0) is 23.0. The molecule has 1 amide bonds. The molecule has 1 aromatic carbocycles. The summed E-state index contributed by atoms with van der Waals surface area (Å²) >= 11 is 0. The van der Waals surface area contributed by atoms with Gasteiger partial charge in [-0.3, -0.25) is 15.3 Å². The number of sulfonamides is 1. The monoisotopic (exact) mass is 453 g/mol. The molecule has 0 saturated carbocycles. The molecule has 1 rings (SSSR count). The molecule has 2 N–H and O–H groups in total. The fraction of sp³-hybridized carbons (Fsp3) is 0.708. The minimum atomic E-state index is -3.35. The van der Waals surface area contributed by atoms with Gasteiger partial charge in [0.25, 0.3) is 5.91 Å². The van der Waals surface area contributed by atoms with Gasteiger partial charge in [0.15, 0.2) is 6.10 Å². The first-order chi connectivity index (χ1) is 14.9. The molecule has 0 fully saturated rings. The highest BCUT2D eigenvalue weighted by molar-refractivity contribution is 7.92. The molecule has 1 radical (unpaired) electrons. The number of ether oxygens (including phenoxy) is 1. The number of carbonyl (C=O) groups excluding carboxylic acids is 1. The molecule has 0 aromatic heterocycles. The minimum absolute atomic E-state index is 0.0933. The SMILES string of the molecule is CCCCCCCCCCCCC(Oc1ccc(NS(=O)(=O)CCCC)cc1)C([NH])=O. The fourth-order valence-corrected chi connectivity index (χ4v) is 4.66. The highest BCUT2D eigenvalue weighted by Gasteiger charge is 2.18. The minimum Gasteiger partial charge on any atom is -0.481 e. The van der Waals surface area contributed by atoms with Gasteiger partial charge in [-0.1, -0.05) is 78.1 Å². The lowest BCUT2D eigenvalue weighted by atomic mass is 10.0. The molecule has 1 unspecified atom stereocenters. The number of anilines is 1. The van der Waals surface area contributed by atoms with Crippen molar-refractivity contribution >= 4 is 21.6 Å². The first-order valence-electron chi connectivity index (χ1n) is 11.9. The topological polar surface area (TPSA) is 96.3 Å². The zero-order valence-electron chi connectivity index (χ0n) is 19.3. The lowest BCUT2D eigenvalue weighted by molar-refractivity contribution is -0.125. The predicted octanol–water partition coefficient (Wildman–Crippen LogP) is 6.10. The molecule has 0 saturated heterocycles. The van der Waals surface area contributed by atoms with Crippen LogP contribution in [0.3, 0.4) is 0 Å². The second-order valence-electron chi connectivity index (χ2n) is 8.24. The van der Waals surface area contributed by atoms with Crippen LogP contribution in [0.2, 0.25) is 0 Å². The molecule has 177 valence electrons. The Balaban J connectivity index is 2.33. The third-order valence-electron chi connectivity index (χ3n) is 5.28. The maximum atomic E-state index is 12.0. The van der Waals surface area contributed by atoms with Crippen LogP contribution < -0.4 is 15.2 Å². The normalized spacial score (nSPS) is 12.5. The Bertz CT molecular complexity index is 705. The Morgan fingerprint density at radius 2 is 1.39 bits per heavy atom. The summed E-state index contributed by atoms with van der Waals surface area (Å²) in [5.41, 5.74) is 7.94. The largest absolute Gasteiger partial charge is 0.481 e. The van der Waals surface area contributed by atoms with E-state index in [0.29, 0.717) is 24.3 Å². The van der Waals surface area contributed by atoms with Gasteiger partial charge < -0.3 is 4.74 Å². The third kappa shape index (κ3) is 13.3. The summed E-state index contributed by atoms with van der Waals surface area (Å²) < 4.78 is 32.2. The number of amides is 1. The van der Waals surface area contributed by atoms with Gasteiger partial charge in [-0.15, -0.1) is 0 Å². The second-order valence-corrected chi connectivity index (χ2v) is 10.1. The van der Waals surface area contributed by atoms with Crippen molar-refractivity contribution < 1.29 is 17.9 Å². The van der Waals surface area contributed by atoms with E-state index >= 15 is 0 Å². The van der Waals surface area contributed by atoms with Crippen LogP contribution in [0.25, 0.3) is 0 Å². The lowest BCUT2D eigenvalue weighted by Gasteiger charge is -2.16. The molecule has 1 atom stereocenters. The van der Waals surface area contributed by atoms with Crippen LogP contribution >= 0.6 is 0 Å². The summed E-state index contributed by atoms with van der Waals surface area (Å²) in [4.78, 5) is 11.6. The van der Waals surface area contributed by atoms with Crippen molar-refractivity contribution in [3.63, 3.8) is 0 Å². The second kappa shape index (κ2) is 16.0. The van der Waals surface area contributed by atoms with Crippen LogP contribution in [-0.2, 0) is 14.8 Å². The Hall–Kier alpha value is -1.76. The van der Waals surface area contributed by atoms with Crippen LogP contribution in [-0.4, -0.2) is 26.2 Å². The van der Waals surface area contributed by atoms with Gasteiger partial charge in [-0.05, 0) is 43.5 Å². The maximum Gasteiger partial charge on any atom is 0.279 e. The molecule has 0 bridgehead atoms. The molecule has 0 spiro atoms. The molecule has 0 aliphatic heterocycles. The summed E-state index contributed by atoms with van der Waals surface area (Å²) in [5, 5.41) is 0. The van der Waals surface area contributed by atoms with Gasteiger partial charge >= 0.3 is 0 Å². The van der Waals surface area contributed by atoms with E-state index < -0.39 is 22.0 Å². The van der Waals surface area contributed by atoms with Gasteiger partial charge in [-0.25, -0.2) is 8.42 Å². The first kappa shape index (κ1) is 27.3. The first-order valence-corrected chi connectivity index (χ1v) is 13.6. The van der Waals surface area contributed by atoms with E-state index in [1.807, 2.05) is 6.92 Å². The van der Waals surface area contributed by atoms with E-state index in [1.165, 1.54) is 44.9 Å². The third-order valence-corrected chi connectivity index (χ3v) is 6.66. The summed E-state index contributed by atoms with van der Waals surface area (Å²) in [6.07, 6.45) is 13.3. The summed E-state index contributed by atoms with van der Waals surface area (Å²) in [6, 6.07) is 6.49. The molecular formula is C24H41N2O4S. The number of hydrogen-bond donors (Lipinski definition) is 1. The molecule has 1 aromatic rings. The van der Waals surface area contributed by atoms with Crippen LogP contribution in [0.1, 0.15) is 97.3 Å².